The molecule has 0 saturated carbocycles. The van der Waals surface area contributed by atoms with Crippen molar-refractivity contribution in [1.29, 1.82) is 0 Å². The second-order valence-corrected chi connectivity index (χ2v) is 5.17. The second kappa shape index (κ2) is 4.13. The van der Waals surface area contributed by atoms with Crippen molar-refractivity contribution in [2.45, 2.75) is 0 Å². The fraction of sp³-hybridized carbons (Fsp3) is 0.143. The fourth-order valence-corrected chi connectivity index (χ4v) is 2.89. The Morgan fingerprint density at radius 3 is 1.50 bits per heavy atom. The Bertz CT molecular complexity index is 610. The van der Waals surface area contributed by atoms with Crippen molar-refractivity contribution in [3.8, 4) is 11.5 Å². The predicted molar refractivity (Wildman–Crippen MR) is 82.5 cm³/mol. The SMILES string of the molecule is CN1B(B2Oc3ccccc3N2C)Oc2ccccc21. The summed E-state index contributed by atoms with van der Waals surface area (Å²) in [4.78, 5) is 4.25. The van der Waals surface area contributed by atoms with Crippen molar-refractivity contribution in [2.24, 2.45) is 0 Å². The van der Waals surface area contributed by atoms with Crippen LogP contribution in [0.1, 0.15) is 0 Å². The Labute approximate surface area is 119 Å². The molecule has 0 amide bonds. The van der Waals surface area contributed by atoms with Crippen LogP contribution in [0, 0.1) is 0 Å². The maximum absolute atomic E-state index is 6.06. The van der Waals surface area contributed by atoms with Gasteiger partial charge in [0.2, 0.25) is 0 Å². The zero-order chi connectivity index (χ0) is 13.7. The molecule has 2 heterocycles. The van der Waals surface area contributed by atoms with E-state index in [4.69, 9.17) is 9.31 Å². The summed E-state index contributed by atoms with van der Waals surface area (Å²) in [7, 11) is 4.08. The van der Waals surface area contributed by atoms with Crippen LogP contribution in [-0.4, -0.2) is 28.0 Å². The lowest BCUT2D eigenvalue weighted by atomic mass is 9.40. The molecule has 0 aromatic heterocycles. The van der Waals surface area contributed by atoms with Crippen LogP contribution in [0.3, 0.4) is 0 Å². The molecule has 0 spiro atoms. The fourth-order valence-electron chi connectivity index (χ4n) is 2.89. The van der Waals surface area contributed by atoms with Crippen LogP contribution >= 0.6 is 0 Å². The zero-order valence-electron chi connectivity index (χ0n) is 11.5. The quantitative estimate of drug-likeness (QED) is 0.736. The highest BCUT2D eigenvalue weighted by Crippen LogP contribution is 2.39. The Morgan fingerprint density at radius 1 is 0.700 bits per heavy atom. The van der Waals surface area contributed by atoms with E-state index in [9.17, 15) is 0 Å². The van der Waals surface area contributed by atoms with E-state index in [1.807, 2.05) is 50.5 Å². The molecule has 2 aliphatic heterocycles. The third kappa shape index (κ3) is 1.51. The maximum atomic E-state index is 6.06. The lowest BCUT2D eigenvalue weighted by Crippen LogP contribution is -2.60. The number of hydrogen-bond donors (Lipinski definition) is 0. The molecular weight excluding hydrogens is 250 g/mol. The minimum absolute atomic E-state index is 0.148. The lowest BCUT2D eigenvalue weighted by Gasteiger charge is -2.22. The van der Waals surface area contributed by atoms with Crippen molar-refractivity contribution in [1.82, 2.24) is 0 Å². The first-order valence-corrected chi connectivity index (χ1v) is 6.73. The molecule has 0 saturated heterocycles. The maximum Gasteiger partial charge on any atom is 0.521 e. The molecule has 98 valence electrons. The largest absolute Gasteiger partial charge is 0.541 e. The normalized spacial score (nSPS) is 15.9. The summed E-state index contributed by atoms with van der Waals surface area (Å²) in [6, 6.07) is 16.1. The molecule has 0 radical (unpaired) electrons. The molecule has 20 heavy (non-hydrogen) atoms. The molecule has 4 rings (SSSR count). The number of fused-ring (bicyclic) bond motifs is 2. The molecule has 2 aromatic rings. The highest BCUT2D eigenvalue weighted by molar-refractivity contribution is 7.21. The Hall–Kier alpha value is -2.23. The van der Waals surface area contributed by atoms with Gasteiger partial charge in [0.15, 0.2) is 0 Å². The predicted octanol–water partition coefficient (Wildman–Crippen LogP) is 2.10. The third-order valence-corrected chi connectivity index (χ3v) is 3.99. The van der Waals surface area contributed by atoms with E-state index >= 15 is 0 Å². The van der Waals surface area contributed by atoms with Gasteiger partial charge in [0.1, 0.15) is 11.5 Å². The van der Waals surface area contributed by atoms with Crippen LogP contribution in [0.4, 0.5) is 11.4 Å². The highest BCUT2D eigenvalue weighted by atomic mass is 16.5. The van der Waals surface area contributed by atoms with E-state index in [-0.39, 0.29) is 13.9 Å². The van der Waals surface area contributed by atoms with Gasteiger partial charge in [0, 0.05) is 0 Å². The Morgan fingerprint density at radius 2 is 1.10 bits per heavy atom. The molecule has 6 heteroatoms. The van der Waals surface area contributed by atoms with E-state index in [1.54, 1.807) is 0 Å². The van der Waals surface area contributed by atoms with Crippen LogP contribution in [-0.2, 0) is 0 Å². The number of anilines is 2. The molecular formula is C14H14B2N2O2. The van der Waals surface area contributed by atoms with Crippen molar-refractivity contribution in [3.63, 3.8) is 0 Å². The topological polar surface area (TPSA) is 24.9 Å². The van der Waals surface area contributed by atoms with Crippen molar-refractivity contribution in [2.75, 3.05) is 23.7 Å². The van der Waals surface area contributed by atoms with Crippen molar-refractivity contribution >= 4 is 25.3 Å². The van der Waals surface area contributed by atoms with E-state index < -0.39 is 0 Å². The molecule has 0 bridgehead atoms. The van der Waals surface area contributed by atoms with Crippen LogP contribution in [0.25, 0.3) is 0 Å². The van der Waals surface area contributed by atoms with Crippen molar-refractivity contribution < 1.29 is 9.31 Å². The molecule has 4 nitrogen and oxygen atoms in total. The number of benzene rings is 2. The van der Waals surface area contributed by atoms with Gasteiger partial charge < -0.3 is 18.9 Å². The van der Waals surface area contributed by atoms with Gasteiger partial charge in [-0.05, 0) is 38.4 Å². The molecule has 0 N–H and O–H groups in total. The van der Waals surface area contributed by atoms with Gasteiger partial charge in [0.05, 0.1) is 11.4 Å². The minimum Gasteiger partial charge on any atom is -0.541 e. The Balaban J connectivity index is 1.66. The summed E-state index contributed by atoms with van der Waals surface area (Å²) >= 11 is 0. The summed E-state index contributed by atoms with van der Waals surface area (Å²) < 4.78 is 12.1. The van der Waals surface area contributed by atoms with Crippen LogP contribution in [0.2, 0.25) is 0 Å². The Kier molecular flexibility index (Phi) is 2.39. The molecule has 0 unspecified atom stereocenters. The van der Waals surface area contributed by atoms with Crippen LogP contribution in [0.5, 0.6) is 11.5 Å². The van der Waals surface area contributed by atoms with E-state index in [0.717, 1.165) is 22.9 Å². The first kappa shape index (κ1) is 11.6. The van der Waals surface area contributed by atoms with Gasteiger partial charge in [0.25, 0.3) is 0 Å². The number of hydrogen-bond acceptors (Lipinski definition) is 4. The average Bonchev–Trinajstić information content (AvgIpc) is 2.98. The summed E-state index contributed by atoms with van der Waals surface area (Å²) in [5.74, 6) is 1.82. The van der Waals surface area contributed by atoms with Crippen molar-refractivity contribution in [3.05, 3.63) is 48.5 Å². The van der Waals surface area contributed by atoms with Gasteiger partial charge in [-0.1, -0.05) is 24.3 Å². The van der Waals surface area contributed by atoms with Gasteiger partial charge in [-0.15, -0.1) is 0 Å². The second-order valence-electron chi connectivity index (χ2n) is 5.17. The highest BCUT2D eigenvalue weighted by Gasteiger charge is 2.53. The zero-order valence-corrected chi connectivity index (χ0v) is 11.5. The summed E-state index contributed by atoms with van der Waals surface area (Å²) in [6.07, 6.45) is 0. The lowest BCUT2D eigenvalue weighted by molar-refractivity contribution is 0.569. The third-order valence-electron chi connectivity index (χ3n) is 3.99. The van der Waals surface area contributed by atoms with Gasteiger partial charge in [-0.25, -0.2) is 0 Å². The monoisotopic (exact) mass is 264 g/mol. The van der Waals surface area contributed by atoms with Gasteiger partial charge in [-0.2, -0.15) is 0 Å². The van der Waals surface area contributed by atoms with Gasteiger partial charge in [-0.3, -0.25) is 0 Å². The summed E-state index contributed by atoms with van der Waals surface area (Å²) in [6.45, 7) is -0.297. The summed E-state index contributed by atoms with van der Waals surface area (Å²) in [5.41, 5.74) is 2.20. The summed E-state index contributed by atoms with van der Waals surface area (Å²) in [5, 5.41) is 0. The number of nitrogens with zero attached hydrogens (tertiary/aromatic N) is 2. The minimum atomic E-state index is -0.148. The molecule has 0 fully saturated rings. The molecule has 2 aliphatic rings. The first-order chi connectivity index (χ1) is 9.75. The van der Waals surface area contributed by atoms with Gasteiger partial charge >= 0.3 is 13.9 Å². The van der Waals surface area contributed by atoms with E-state index in [1.165, 1.54) is 0 Å². The van der Waals surface area contributed by atoms with Crippen LogP contribution < -0.4 is 18.9 Å². The molecule has 2 aromatic carbocycles. The smallest absolute Gasteiger partial charge is 0.521 e. The van der Waals surface area contributed by atoms with Crippen LogP contribution in [0.15, 0.2) is 48.5 Å². The molecule has 0 atom stereocenters. The molecule has 0 aliphatic carbocycles. The first-order valence-electron chi connectivity index (χ1n) is 6.73. The standard InChI is InChI=1S/C14H14B2N2O2/c1-17-11-7-3-5-9-13(11)19-15(17)16-18(2)12-8-4-6-10-14(12)20-16/h3-10H,1-2H3. The van der Waals surface area contributed by atoms with E-state index in [2.05, 4.69) is 21.8 Å². The average molecular weight is 264 g/mol. The van der Waals surface area contributed by atoms with E-state index in [0.29, 0.717) is 0 Å². The number of rotatable bonds is 1. The number of para-hydroxylation sites is 4.